The molecule has 1 atom stereocenters. The third kappa shape index (κ3) is 3.74. The summed E-state index contributed by atoms with van der Waals surface area (Å²) in [6.07, 6.45) is -4.11. The monoisotopic (exact) mass is 479 g/mol. The van der Waals surface area contributed by atoms with Gasteiger partial charge in [0.05, 0.1) is 17.8 Å². The largest absolute Gasteiger partial charge is 0.482 e. The molecule has 1 unspecified atom stereocenters. The minimum Gasteiger partial charge on any atom is -0.425 e. The van der Waals surface area contributed by atoms with Crippen LogP contribution in [0.15, 0.2) is 53.0 Å². The molecule has 0 radical (unpaired) electrons. The van der Waals surface area contributed by atoms with Gasteiger partial charge >= 0.3 is 12.0 Å². The Morgan fingerprint density at radius 1 is 1.13 bits per heavy atom. The number of ether oxygens (including phenoxy) is 1. The smallest absolute Gasteiger partial charge is 0.425 e. The van der Waals surface area contributed by atoms with Crippen molar-refractivity contribution in [2.24, 2.45) is 0 Å². The number of benzene rings is 2. The fraction of sp³-hybridized carbons (Fsp3) is 0.250. The van der Waals surface area contributed by atoms with Gasteiger partial charge in [-0.3, -0.25) is 14.4 Å². The van der Waals surface area contributed by atoms with Crippen LogP contribution in [0.4, 0.5) is 14.5 Å². The molecular weight excluding hydrogens is 464 g/mol. The van der Waals surface area contributed by atoms with Gasteiger partial charge in [-0.25, -0.2) is 0 Å². The van der Waals surface area contributed by atoms with Gasteiger partial charge in [0.1, 0.15) is 11.8 Å². The first-order chi connectivity index (χ1) is 14.3. The molecule has 2 aromatic rings. The van der Waals surface area contributed by atoms with Gasteiger partial charge in [0.15, 0.2) is 0 Å². The first-order valence-electron chi connectivity index (χ1n) is 9.09. The van der Waals surface area contributed by atoms with Crippen LogP contribution >= 0.6 is 15.9 Å². The van der Waals surface area contributed by atoms with E-state index >= 15 is 0 Å². The number of nitrogens with zero attached hydrogens (tertiary/aromatic N) is 2. The molecule has 4 rings (SSSR count). The summed E-state index contributed by atoms with van der Waals surface area (Å²) in [4.78, 5) is 40.2. The number of fused-ring (bicyclic) bond motifs is 2. The molecule has 0 aromatic heterocycles. The van der Waals surface area contributed by atoms with E-state index in [1.807, 2.05) is 0 Å². The van der Waals surface area contributed by atoms with Crippen LogP contribution in [0.5, 0.6) is 5.75 Å². The van der Waals surface area contributed by atoms with Crippen molar-refractivity contribution in [1.29, 1.82) is 0 Å². The van der Waals surface area contributed by atoms with E-state index in [2.05, 4.69) is 26.0 Å². The number of carbonyl (C=O) groups excluding carboxylic acids is 3. The highest BCUT2D eigenvalue weighted by Gasteiger charge is 2.49. The average Bonchev–Trinajstić information content (AvgIpc) is 2.83. The molecular formula is C20H16BrF2N3O4. The lowest BCUT2D eigenvalue weighted by Gasteiger charge is -2.39. The van der Waals surface area contributed by atoms with Crippen molar-refractivity contribution >= 4 is 39.3 Å². The molecule has 10 heteroatoms. The van der Waals surface area contributed by atoms with Gasteiger partial charge in [0.2, 0.25) is 5.91 Å². The zero-order valence-electron chi connectivity index (χ0n) is 15.5. The van der Waals surface area contributed by atoms with Gasteiger partial charge in [-0.15, -0.1) is 0 Å². The molecule has 0 bridgehead atoms. The summed E-state index contributed by atoms with van der Waals surface area (Å²) < 4.78 is 34.1. The predicted octanol–water partition coefficient (Wildman–Crippen LogP) is 2.73. The summed E-state index contributed by atoms with van der Waals surface area (Å²) in [5, 5.41) is 2.64. The lowest BCUT2D eigenvalue weighted by atomic mass is 10.1. The summed E-state index contributed by atoms with van der Waals surface area (Å²) in [7, 11) is 0. The number of anilines is 1. The SMILES string of the molecule is O=C1Nc2ccc(Br)cc2C(=O)N2CCN(C(=O)C(F)(F)Oc3ccccc3)CC12. The van der Waals surface area contributed by atoms with Gasteiger partial charge in [-0.1, -0.05) is 34.1 Å². The van der Waals surface area contributed by atoms with Gasteiger partial charge in [-0.2, -0.15) is 8.78 Å². The molecule has 7 nitrogen and oxygen atoms in total. The van der Waals surface area contributed by atoms with Gasteiger partial charge in [0.25, 0.3) is 5.91 Å². The zero-order valence-corrected chi connectivity index (χ0v) is 17.1. The van der Waals surface area contributed by atoms with E-state index < -0.39 is 29.9 Å². The molecule has 2 heterocycles. The summed E-state index contributed by atoms with van der Waals surface area (Å²) in [6.45, 7) is -0.569. The molecule has 0 aliphatic carbocycles. The van der Waals surface area contributed by atoms with Gasteiger partial charge in [-0.05, 0) is 30.3 Å². The van der Waals surface area contributed by atoms with E-state index in [0.717, 1.165) is 4.90 Å². The Morgan fingerprint density at radius 2 is 1.87 bits per heavy atom. The van der Waals surface area contributed by atoms with Crippen LogP contribution in [0, 0.1) is 0 Å². The number of piperazine rings is 1. The number of para-hydroxylation sites is 1. The van der Waals surface area contributed by atoms with Crippen LogP contribution in [0.2, 0.25) is 0 Å². The number of hydrogen-bond donors (Lipinski definition) is 1. The number of nitrogens with one attached hydrogen (secondary N) is 1. The average molecular weight is 480 g/mol. The maximum atomic E-state index is 14.4. The minimum absolute atomic E-state index is 0.0595. The normalized spacial score (nSPS) is 18.8. The lowest BCUT2D eigenvalue weighted by Crippen LogP contribution is -2.62. The standard InChI is InChI=1S/C20H16BrF2N3O4/c21-12-6-7-15-14(10-12)18(28)26-9-8-25(11-16(26)17(27)24-15)19(29)20(22,23)30-13-4-2-1-3-5-13/h1-7,10,16H,8-9,11H2,(H,24,27). The second-order valence-electron chi connectivity index (χ2n) is 6.88. The number of hydrogen-bond acceptors (Lipinski definition) is 4. The Hall–Kier alpha value is -3.01. The van der Waals surface area contributed by atoms with Crippen molar-refractivity contribution in [3.8, 4) is 5.75 Å². The molecule has 0 spiro atoms. The van der Waals surface area contributed by atoms with Crippen LogP contribution in [0.3, 0.4) is 0 Å². The first-order valence-corrected chi connectivity index (χ1v) is 9.88. The topological polar surface area (TPSA) is 79.0 Å². The molecule has 156 valence electrons. The lowest BCUT2D eigenvalue weighted by molar-refractivity contribution is -0.205. The second-order valence-corrected chi connectivity index (χ2v) is 7.79. The minimum atomic E-state index is -4.11. The van der Waals surface area contributed by atoms with Crippen molar-refractivity contribution in [2.45, 2.75) is 12.2 Å². The van der Waals surface area contributed by atoms with Crippen LogP contribution in [0.25, 0.3) is 0 Å². The number of carbonyl (C=O) groups is 3. The van der Waals surface area contributed by atoms with Crippen molar-refractivity contribution in [3.63, 3.8) is 0 Å². The zero-order chi connectivity index (χ0) is 21.5. The van der Waals surface area contributed by atoms with Crippen molar-refractivity contribution in [2.75, 3.05) is 25.0 Å². The van der Waals surface area contributed by atoms with Crippen molar-refractivity contribution in [1.82, 2.24) is 9.80 Å². The number of amides is 3. The summed E-state index contributed by atoms with van der Waals surface area (Å²) in [5.74, 6) is -2.67. The van der Waals surface area contributed by atoms with E-state index in [-0.39, 0.29) is 30.9 Å². The fourth-order valence-electron chi connectivity index (χ4n) is 3.47. The Kier molecular flexibility index (Phi) is 5.19. The van der Waals surface area contributed by atoms with E-state index in [1.54, 1.807) is 24.3 Å². The van der Waals surface area contributed by atoms with Crippen molar-refractivity contribution < 1.29 is 27.9 Å². The maximum Gasteiger partial charge on any atom is 0.482 e. The summed E-state index contributed by atoms with van der Waals surface area (Å²) >= 11 is 3.29. The quantitative estimate of drug-likeness (QED) is 0.733. The third-order valence-corrected chi connectivity index (χ3v) is 5.43. The molecule has 1 fully saturated rings. The third-order valence-electron chi connectivity index (χ3n) is 4.94. The van der Waals surface area contributed by atoms with Crippen LogP contribution in [-0.2, 0) is 9.59 Å². The van der Waals surface area contributed by atoms with Crippen LogP contribution in [0.1, 0.15) is 10.4 Å². The predicted molar refractivity (Wildman–Crippen MR) is 106 cm³/mol. The van der Waals surface area contributed by atoms with E-state index in [1.165, 1.54) is 29.2 Å². The fourth-order valence-corrected chi connectivity index (χ4v) is 3.83. The molecule has 2 aromatic carbocycles. The van der Waals surface area contributed by atoms with Crippen molar-refractivity contribution in [3.05, 3.63) is 58.6 Å². The highest BCUT2D eigenvalue weighted by Crippen LogP contribution is 2.30. The van der Waals surface area contributed by atoms with Crippen LogP contribution < -0.4 is 10.1 Å². The number of alkyl halides is 2. The Balaban J connectivity index is 1.54. The van der Waals surface area contributed by atoms with Gasteiger partial charge in [0, 0.05) is 17.6 Å². The van der Waals surface area contributed by atoms with E-state index in [4.69, 9.17) is 0 Å². The van der Waals surface area contributed by atoms with Gasteiger partial charge < -0.3 is 19.9 Å². The molecule has 1 saturated heterocycles. The highest BCUT2D eigenvalue weighted by atomic mass is 79.9. The second kappa shape index (κ2) is 7.67. The molecule has 30 heavy (non-hydrogen) atoms. The van der Waals surface area contributed by atoms with Crippen LogP contribution in [-0.4, -0.2) is 59.3 Å². The maximum absolute atomic E-state index is 14.4. The highest BCUT2D eigenvalue weighted by molar-refractivity contribution is 9.10. The molecule has 3 amide bonds. The Labute approximate surface area is 178 Å². The molecule has 0 saturated carbocycles. The number of halogens is 3. The van der Waals surface area contributed by atoms with E-state index in [9.17, 15) is 23.2 Å². The molecule has 2 aliphatic rings. The number of rotatable bonds is 3. The molecule has 2 aliphatic heterocycles. The summed E-state index contributed by atoms with van der Waals surface area (Å²) in [6, 6.07) is 11.0. The Morgan fingerprint density at radius 3 is 2.60 bits per heavy atom. The first kappa shape index (κ1) is 20.3. The Bertz CT molecular complexity index is 1020. The summed E-state index contributed by atoms with van der Waals surface area (Å²) in [5.41, 5.74) is 0.621. The van der Waals surface area contributed by atoms with E-state index in [0.29, 0.717) is 10.2 Å². The molecule has 1 N–H and O–H groups in total.